The van der Waals surface area contributed by atoms with E-state index < -0.39 is 19.7 Å². The van der Waals surface area contributed by atoms with Gasteiger partial charge in [-0.3, -0.25) is 9.98 Å². The molecular weight excluding hydrogens is 597 g/mol. The standard InChI is InChI=1S/C34H28N2O6S2/c1-23-7-11-27(12-8-23)43(39,40)29-15-17-33(37)25(19-29)21-35-31-5-3-4-6-32(31)36-22-26-20-30(16-18-34(26)38)44(41,42)28-13-9-24(2)10-14-28/h3-22,37-38H,1-2H3. The number of nitrogens with zero attached hydrogens (tertiary/aromatic N) is 2. The van der Waals surface area contributed by atoms with Crippen molar-refractivity contribution in [2.75, 3.05) is 0 Å². The topological polar surface area (TPSA) is 133 Å². The van der Waals surface area contributed by atoms with Crippen molar-refractivity contribution in [3.63, 3.8) is 0 Å². The molecule has 0 aromatic heterocycles. The van der Waals surface area contributed by atoms with Crippen LogP contribution in [-0.4, -0.2) is 39.5 Å². The van der Waals surface area contributed by atoms with Crippen LogP contribution in [0.1, 0.15) is 22.3 Å². The molecule has 5 aromatic carbocycles. The molecule has 0 atom stereocenters. The number of aliphatic imine (C=N–C) groups is 2. The highest BCUT2D eigenvalue weighted by molar-refractivity contribution is 7.91. The molecule has 5 rings (SSSR count). The summed E-state index contributed by atoms with van der Waals surface area (Å²) in [5.41, 5.74) is 3.00. The number of phenolic OH excluding ortho intramolecular Hbond substituents is 2. The second kappa shape index (κ2) is 12.3. The van der Waals surface area contributed by atoms with Crippen molar-refractivity contribution in [3.8, 4) is 11.5 Å². The van der Waals surface area contributed by atoms with Crippen LogP contribution in [0, 0.1) is 13.8 Å². The van der Waals surface area contributed by atoms with Crippen LogP contribution >= 0.6 is 0 Å². The first-order valence-corrected chi connectivity index (χ1v) is 16.4. The van der Waals surface area contributed by atoms with Gasteiger partial charge in [0.05, 0.1) is 31.0 Å². The van der Waals surface area contributed by atoms with E-state index in [9.17, 15) is 27.0 Å². The van der Waals surface area contributed by atoms with E-state index in [1.165, 1.54) is 73.1 Å². The van der Waals surface area contributed by atoms with Crippen molar-refractivity contribution < 1.29 is 27.0 Å². The van der Waals surface area contributed by atoms with Gasteiger partial charge in [-0.2, -0.15) is 0 Å². The SMILES string of the molecule is Cc1ccc(S(=O)(=O)c2ccc(O)c(C=Nc3ccccc3N=Cc3cc(S(=O)(=O)c4ccc(C)cc4)ccc3O)c2)cc1. The van der Waals surface area contributed by atoms with E-state index in [-0.39, 0.29) is 42.2 Å². The van der Waals surface area contributed by atoms with Gasteiger partial charge in [-0.1, -0.05) is 47.5 Å². The van der Waals surface area contributed by atoms with E-state index in [0.29, 0.717) is 11.4 Å². The van der Waals surface area contributed by atoms with Gasteiger partial charge in [-0.05, 0) is 86.6 Å². The number of sulfone groups is 2. The Bertz CT molecular complexity index is 1970. The third kappa shape index (κ3) is 6.46. The van der Waals surface area contributed by atoms with Crippen LogP contribution in [0.15, 0.2) is 139 Å². The molecule has 0 unspecified atom stereocenters. The van der Waals surface area contributed by atoms with Gasteiger partial charge in [0.25, 0.3) is 0 Å². The lowest BCUT2D eigenvalue weighted by molar-refractivity contribution is 0.473. The average Bonchev–Trinajstić information content (AvgIpc) is 3.01. The summed E-state index contributed by atoms with van der Waals surface area (Å²) in [5, 5.41) is 20.9. The first-order valence-electron chi connectivity index (χ1n) is 13.4. The third-order valence-corrected chi connectivity index (χ3v) is 10.4. The molecule has 8 nitrogen and oxygen atoms in total. The zero-order valence-electron chi connectivity index (χ0n) is 23.8. The molecule has 44 heavy (non-hydrogen) atoms. The Morgan fingerprint density at radius 2 is 0.841 bits per heavy atom. The molecular formula is C34H28N2O6S2. The number of aromatic hydroxyl groups is 2. The number of benzene rings is 5. The normalized spacial score (nSPS) is 12.2. The number of hydrogen-bond donors (Lipinski definition) is 2. The Kier molecular flexibility index (Phi) is 8.48. The fourth-order valence-electron chi connectivity index (χ4n) is 4.27. The van der Waals surface area contributed by atoms with Crippen LogP contribution in [0.4, 0.5) is 11.4 Å². The molecule has 10 heteroatoms. The Balaban J connectivity index is 1.44. The highest BCUT2D eigenvalue weighted by atomic mass is 32.2. The maximum absolute atomic E-state index is 13.2. The lowest BCUT2D eigenvalue weighted by atomic mass is 10.2. The smallest absolute Gasteiger partial charge is 0.206 e. The van der Waals surface area contributed by atoms with E-state index >= 15 is 0 Å². The first kappa shape index (κ1) is 30.4. The Morgan fingerprint density at radius 3 is 1.20 bits per heavy atom. The number of hydrogen-bond acceptors (Lipinski definition) is 8. The molecule has 222 valence electrons. The fraction of sp³-hybridized carbons (Fsp3) is 0.0588. The van der Waals surface area contributed by atoms with E-state index in [1.54, 1.807) is 48.5 Å². The van der Waals surface area contributed by atoms with Crippen LogP contribution < -0.4 is 0 Å². The highest BCUT2D eigenvalue weighted by Crippen LogP contribution is 2.31. The van der Waals surface area contributed by atoms with Gasteiger partial charge in [0.1, 0.15) is 11.5 Å². The number of aryl methyl sites for hydroxylation is 2. The third-order valence-electron chi connectivity index (χ3n) is 6.85. The molecule has 0 aliphatic rings. The minimum atomic E-state index is -3.83. The van der Waals surface area contributed by atoms with Crippen LogP contribution in [0.3, 0.4) is 0 Å². The van der Waals surface area contributed by atoms with E-state index in [2.05, 4.69) is 9.98 Å². The van der Waals surface area contributed by atoms with Crippen LogP contribution in [0.25, 0.3) is 0 Å². The highest BCUT2D eigenvalue weighted by Gasteiger charge is 2.20. The van der Waals surface area contributed by atoms with E-state index in [4.69, 9.17) is 0 Å². The average molecular weight is 625 g/mol. The second-order valence-electron chi connectivity index (χ2n) is 10.1. The molecule has 0 aliphatic heterocycles. The van der Waals surface area contributed by atoms with Crippen molar-refractivity contribution in [2.45, 2.75) is 33.4 Å². The molecule has 0 bridgehead atoms. The molecule has 2 N–H and O–H groups in total. The summed E-state index contributed by atoms with van der Waals surface area (Å²) in [4.78, 5) is 9.14. The second-order valence-corrected chi connectivity index (χ2v) is 14.0. The van der Waals surface area contributed by atoms with Gasteiger partial charge < -0.3 is 10.2 Å². The van der Waals surface area contributed by atoms with E-state index in [1.807, 2.05) is 13.8 Å². The molecule has 0 saturated carbocycles. The number of para-hydroxylation sites is 2. The van der Waals surface area contributed by atoms with Crippen molar-refractivity contribution in [3.05, 3.63) is 131 Å². The van der Waals surface area contributed by atoms with Gasteiger partial charge in [0, 0.05) is 23.6 Å². The molecule has 0 saturated heterocycles. The first-order chi connectivity index (χ1) is 20.9. The van der Waals surface area contributed by atoms with Crippen LogP contribution in [0.5, 0.6) is 11.5 Å². The van der Waals surface area contributed by atoms with Crippen molar-refractivity contribution in [1.82, 2.24) is 0 Å². The number of rotatable bonds is 8. The summed E-state index contributed by atoms with van der Waals surface area (Å²) in [6, 6.07) is 27.7. The molecule has 0 aliphatic carbocycles. The van der Waals surface area contributed by atoms with Crippen molar-refractivity contribution in [1.29, 1.82) is 0 Å². The predicted octanol–water partition coefficient (Wildman–Crippen LogP) is 6.88. The molecule has 0 amide bonds. The quantitative estimate of drug-likeness (QED) is 0.181. The van der Waals surface area contributed by atoms with Crippen LogP contribution in [-0.2, 0) is 19.7 Å². The minimum absolute atomic E-state index is 0.00264. The Labute approximate surface area is 256 Å². The molecule has 0 fully saturated rings. The lowest BCUT2D eigenvalue weighted by Gasteiger charge is -2.08. The lowest BCUT2D eigenvalue weighted by Crippen LogP contribution is -2.03. The molecule has 0 heterocycles. The summed E-state index contributed by atoms with van der Waals surface area (Å²) in [7, 11) is -7.65. The van der Waals surface area contributed by atoms with Crippen molar-refractivity contribution in [2.24, 2.45) is 9.98 Å². The van der Waals surface area contributed by atoms with Gasteiger partial charge in [0.2, 0.25) is 19.7 Å². The summed E-state index contributed by atoms with van der Waals surface area (Å²) in [6.07, 6.45) is 2.67. The minimum Gasteiger partial charge on any atom is -0.507 e. The largest absolute Gasteiger partial charge is 0.507 e. The van der Waals surface area contributed by atoms with Gasteiger partial charge >= 0.3 is 0 Å². The Morgan fingerprint density at radius 1 is 0.500 bits per heavy atom. The summed E-state index contributed by atoms with van der Waals surface area (Å²) >= 11 is 0. The van der Waals surface area contributed by atoms with Crippen LogP contribution in [0.2, 0.25) is 0 Å². The van der Waals surface area contributed by atoms with Gasteiger partial charge in [0.15, 0.2) is 0 Å². The van der Waals surface area contributed by atoms with Gasteiger partial charge in [-0.25, -0.2) is 16.8 Å². The maximum Gasteiger partial charge on any atom is 0.206 e. The molecule has 5 aromatic rings. The van der Waals surface area contributed by atoms with Gasteiger partial charge in [-0.15, -0.1) is 0 Å². The molecule has 0 radical (unpaired) electrons. The Hall–Kier alpha value is -5.06. The summed E-state index contributed by atoms with van der Waals surface area (Å²) in [5.74, 6) is -0.316. The summed E-state index contributed by atoms with van der Waals surface area (Å²) in [6.45, 7) is 3.73. The molecule has 0 spiro atoms. The zero-order valence-corrected chi connectivity index (χ0v) is 25.4. The predicted molar refractivity (Wildman–Crippen MR) is 170 cm³/mol. The fourth-order valence-corrected chi connectivity index (χ4v) is 6.87. The zero-order chi connectivity index (χ0) is 31.5. The van der Waals surface area contributed by atoms with Crippen molar-refractivity contribution >= 4 is 43.5 Å². The summed E-state index contributed by atoms with van der Waals surface area (Å²) < 4.78 is 52.6. The number of phenols is 2. The monoisotopic (exact) mass is 624 g/mol. The maximum atomic E-state index is 13.2. The van der Waals surface area contributed by atoms with E-state index in [0.717, 1.165) is 11.1 Å².